The first-order chi connectivity index (χ1) is 25.3. The van der Waals surface area contributed by atoms with Gasteiger partial charge in [-0.05, 0) is 81.3 Å². The van der Waals surface area contributed by atoms with Crippen molar-refractivity contribution >= 4 is 52.7 Å². The molecule has 0 unspecified atom stereocenters. The van der Waals surface area contributed by atoms with E-state index in [9.17, 15) is 28.8 Å². The number of carbonyl (C=O) groups is 6. The van der Waals surface area contributed by atoms with E-state index in [2.05, 4.69) is 22.5 Å². The summed E-state index contributed by atoms with van der Waals surface area (Å²) in [5, 5.41) is 26.1. The third-order valence-corrected chi connectivity index (χ3v) is 6.94. The zero-order chi connectivity index (χ0) is 38.9. The maximum absolute atomic E-state index is 13.5. The Balaban J connectivity index is 1.90. The minimum atomic E-state index is -1.03. The van der Waals surface area contributed by atoms with E-state index in [0.29, 0.717) is 5.69 Å². The Labute approximate surface area is 305 Å². The first kappa shape index (κ1) is 41.0. The monoisotopic (exact) mass is 734 g/mol. The van der Waals surface area contributed by atoms with Crippen LogP contribution < -0.4 is 35.9 Å². The predicted octanol–water partition coefficient (Wildman–Crippen LogP) is 4.71. The molecular weight excluding hydrogens is 692 g/mol. The zero-order valence-electron chi connectivity index (χ0n) is 29.3. The van der Waals surface area contributed by atoms with E-state index in [-0.39, 0.29) is 103 Å². The van der Waals surface area contributed by atoms with Crippen molar-refractivity contribution < 1.29 is 57.9 Å². The summed E-state index contributed by atoms with van der Waals surface area (Å²) in [5.74, 6) is -4.00. The van der Waals surface area contributed by atoms with Gasteiger partial charge in [0.15, 0.2) is 0 Å². The first-order valence-electron chi connectivity index (χ1n) is 16.5. The van der Waals surface area contributed by atoms with Crippen molar-refractivity contribution in [3.63, 3.8) is 0 Å². The lowest BCUT2D eigenvalue weighted by atomic mass is 10.1. The zero-order valence-corrected chi connectivity index (χ0v) is 29.3. The molecule has 0 aliphatic rings. The van der Waals surface area contributed by atoms with Gasteiger partial charge < -0.3 is 50.8 Å². The molecule has 0 heterocycles. The molecule has 0 atom stereocenters. The highest BCUT2D eigenvalue weighted by Gasteiger charge is 2.19. The summed E-state index contributed by atoms with van der Waals surface area (Å²) in [5.41, 5.74) is 6.43. The lowest BCUT2D eigenvalue weighted by molar-refractivity contribution is -0.138. The Morgan fingerprint density at radius 3 is 1.62 bits per heavy atom. The highest BCUT2D eigenvalue weighted by molar-refractivity contribution is 6.08. The molecule has 0 bridgehead atoms. The van der Waals surface area contributed by atoms with Crippen LogP contribution in [0.4, 0.5) is 17.1 Å². The van der Waals surface area contributed by atoms with Crippen LogP contribution in [0.15, 0.2) is 67.3 Å². The number of nitrogens with one attached hydrogen (secondary N) is 3. The fourth-order valence-corrected chi connectivity index (χ4v) is 4.50. The molecule has 0 fully saturated rings. The van der Waals surface area contributed by atoms with Gasteiger partial charge in [0.2, 0.25) is 5.91 Å². The van der Waals surface area contributed by atoms with Crippen LogP contribution in [0.1, 0.15) is 70.6 Å². The number of hydrogen-bond donors (Lipinski definition) is 6. The molecule has 3 aromatic rings. The summed E-state index contributed by atoms with van der Waals surface area (Å²) in [6.07, 6.45) is 1.06. The maximum atomic E-state index is 13.5. The third kappa shape index (κ3) is 13.3. The van der Waals surface area contributed by atoms with Crippen LogP contribution in [0.2, 0.25) is 0 Å². The van der Waals surface area contributed by atoms with Crippen LogP contribution in [0.5, 0.6) is 17.2 Å². The largest absolute Gasteiger partial charge is 0.491 e. The molecule has 0 saturated heterocycles. The van der Waals surface area contributed by atoms with Crippen LogP contribution in [0.3, 0.4) is 0 Å². The molecule has 16 heteroatoms. The van der Waals surface area contributed by atoms with Gasteiger partial charge in [-0.25, -0.2) is 4.79 Å². The molecule has 7 N–H and O–H groups in total. The number of anilines is 3. The van der Waals surface area contributed by atoms with Crippen LogP contribution in [-0.2, 0) is 19.1 Å². The van der Waals surface area contributed by atoms with Crippen molar-refractivity contribution in [2.75, 3.05) is 42.3 Å². The Morgan fingerprint density at radius 1 is 0.717 bits per heavy atom. The number of benzene rings is 3. The fourth-order valence-electron chi connectivity index (χ4n) is 4.50. The molecule has 3 amide bonds. The van der Waals surface area contributed by atoms with Gasteiger partial charge in [0.05, 0.1) is 48.5 Å². The van der Waals surface area contributed by atoms with E-state index in [4.69, 9.17) is 34.9 Å². The Hall–Kier alpha value is -6.42. The van der Waals surface area contributed by atoms with Crippen molar-refractivity contribution in [3.8, 4) is 17.2 Å². The number of nitrogens with two attached hydrogens (primary N) is 1. The first-order valence-corrected chi connectivity index (χ1v) is 16.5. The van der Waals surface area contributed by atoms with Crippen molar-refractivity contribution in [3.05, 3.63) is 83.9 Å². The number of aliphatic carboxylic acids is 2. The van der Waals surface area contributed by atoms with Crippen LogP contribution >= 0.6 is 0 Å². The summed E-state index contributed by atoms with van der Waals surface area (Å²) in [4.78, 5) is 73.3. The van der Waals surface area contributed by atoms with Gasteiger partial charge >= 0.3 is 17.9 Å². The Bertz CT molecular complexity index is 1830. The van der Waals surface area contributed by atoms with Gasteiger partial charge in [-0.3, -0.25) is 24.0 Å². The number of ether oxygens (including phenoxy) is 4. The number of rotatable bonds is 21. The summed E-state index contributed by atoms with van der Waals surface area (Å²) >= 11 is 0. The molecule has 53 heavy (non-hydrogen) atoms. The van der Waals surface area contributed by atoms with Crippen LogP contribution in [0.25, 0.3) is 0 Å². The standard InChI is InChI=1S/C37H42N4O12/c1-4-15-52-37(49)25-11-14-27(30(20-25)51-17-6-8-34(45)46)41-35(47)23-9-12-26(29(18-23)50-16-5-7-33(43)44)40-36(48)24-10-13-28(39-32(42)21-38)31(19-24)53-22(2)3/h4,9-14,18-20,22H,1,5-8,15-17,21,38H2,2-3H3,(H,39,42)(H,40,48)(H,41,47)(H,43,44)(H,45,46). The molecule has 0 radical (unpaired) electrons. The van der Waals surface area contributed by atoms with Crippen molar-refractivity contribution in [1.82, 2.24) is 0 Å². The highest BCUT2D eigenvalue weighted by Crippen LogP contribution is 2.32. The normalized spacial score (nSPS) is 10.5. The van der Waals surface area contributed by atoms with E-state index >= 15 is 0 Å². The second kappa shape index (κ2) is 20.4. The van der Waals surface area contributed by atoms with Gasteiger partial charge in [-0.1, -0.05) is 12.7 Å². The molecule has 3 aromatic carbocycles. The molecule has 282 valence electrons. The fraction of sp³-hybridized carbons (Fsp3) is 0.297. The Morgan fingerprint density at radius 2 is 1.17 bits per heavy atom. The van der Waals surface area contributed by atoms with Crippen molar-refractivity contribution in [1.29, 1.82) is 0 Å². The van der Waals surface area contributed by atoms with Gasteiger partial charge in [0.25, 0.3) is 11.8 Å². The van der Waals surface area contributed by atoms with Gasteiger partial charge in [-0.2, -0.15) is 0 Å². The quantitative estimate of drug-likeness (QED) is 0.0494. The summed E-state index contributed by atoms with van der Waals surface area (Å²) < 4.78 is 22.4. The lowest BCUT2D eigenvalue weighted by Gasteiger charge is -2.17. The highest BCUT2D eigenvalue weighted by atomic mass is 16.5. The average Bonchev–Trinajstić information content (AvgIpc) is 3.12. The molecule has 0 saturated carbocycles. The minimum absolute atomic E-state index is 0.0286. The smallest absolute Gasteiger partial charge is 0.338 e. The molecule has 3 rings (SSSR count). The van der Waals surface area contributed by atoms with E-state index in [1.54, 1.807) is 13.8 Å². The number of carboxylic acid groups (broad SMARTS) is 2. The van der Waals surface area contributed by atoms with E-state index in [1.807, 2.05) is 0 Å². The Kier molecular flexibility index (Phi) is 15.8. The third-order valence-electron chi connectivity index (χ3n) is 6.94. The maximum Gasteiger partial charge on any atom is 0.338 e. The second-order valence-electron chi connectivity index (χ2n) is 11.5. The van der Waals surface area contributed by atoms with Crippen LogP contribution in [0, 0.1) is 0 Å². The average molecular weight is 735 g/mol. The molecule has 16 nitrogen and oxygen atoms in total. The van der Waals surface area contributed by atoms with Gasteiger partial charge in [-0.15, -0.1) is 0 Å². The van der Waals surface area contributed by atoms with E-state index < -0.39 is 35.6 Å². The van der Waals surface area contributed by atoms with Crippen LogP contribution in [-0.4, -0.2) is 78.3 Å². The lowest BCUT2D eigenvalue weighted by Crippen LogP contribution is -2.23. The second-order valence-corrected chi connectivity index (χ2v) is 11.5. The number of esters is 1. The predicted molar refractivity (Wildman–Crippen MR) is 194 cm³/mol. The molecule has 0 aliphatic heterocycles. The number of carboxylic acids is 2. The van der Waals surface area contributed by atoms with E-state index in [1.165, 1.54) is 60.7 Å². The molecule has 0 aliphatic carbocycles. The molecule has 0 aromatic heterocycles. The number of carbonyl (C=O) groups excluding carboxylic acids is 4. The molecule has 0 spiro atoms. The molecular formula is C37H42N4O12. The summed E-state index contributed by atoms with van der Waals surface area (Å²) in [6, 6.07) is 12.8. The van der Waals surface area contributed by atoms with Crippen molar-refractivity contribution in [2.45, 2.75) is 45.6 Å². The summed E-state index contributed by atoms with van der Waals surface area (Å²) in [6.45, 7) is 6.69. The topological polar surface area (TPSA) is 242 Å². The van der Waals surface area contributed by atoms with Gasteiger partial charge in [0.1, 0.15) is 23.9 Å². The number of amides is 3. The van der Waals surface area contributed by atoms with E-state index in [0.717, 1.165) is 0 Å². The van der Waals surface area contributed by atoms with Gasteiger partial charge in [0, 0.05) is 24.0 Å². The summed E-state index contributed by atoms with van der Waals surface area (Å²) in [7, 11) is 0. The SMILES string of the molecule is C=CCOC(=O)c1ccc(NC(=O)c2ccc(NC(=O)c3ccc(NC(=O)CN)c(OC(C)C)c3)c(OCCCC(=O)O)c2)c(OCCCC(=O)O)c1. The number of hydrogen-bond acceptors (Lipinski definition) is 11. The van der Waals surface area contributed by atoms with Crippen molar-refractivity contribution in [2.24, 2.45) is 5.73 Å². The minimum Gasteiger partial charge on any atom is -0.491 e.